The summed E-state index contributed by atoms with van der Waals surface area (Å²) < 4.78 is 39.3. The lowest BCUT2D eigenvalue weighted by Gasteiger charge is -2.13. The number of nitrogens with two attached hydrogens (primary N) is 1. The predicted octanol–water partition coefficient (Wildman–Crippen LogP) is 3.89. The second kappa shape index (κ2) is 5.41. The molecule has 0 amide bonds. The van der Waals surface area contributed by atoms with E-state index in [0.717, 1.165) is 6.07 Å². The lowest BCUT2D eigenvalue weighted by atomic mass is 10.0. The van der Waals surface area contributed by atoms with Gasteiger partial charge in [-0.3, -0.25) is 0 Å². The molecule has 0 radical (unpaired) electrons. The van der Waals surface area contributed by atoms with Gasteiger partial charge in [0, 0.05) is 18.7 Å². The molecule has 0 spiro atoms. The highest BCUT2D eigenvalue weighted by Crippen LogP contribution is 2.41. The first-order valence-electron chi connectivity index (χ1n) is 5.95. The van der Waals surface area contributed by atoms with E-state index in [0.29, 0.717) is 15.7 Å². The number of hydrogen-bond acceptors (Lipinski definition) is 4. The topological polar surface area (TPSA) is 50.9 Å². The highest BCUT2D eigenvalue weighted by molar-refractivity contribution is 7.16. The van der Waals surface area contributed by atoms with Crippen molar-refractivity contribution >= 4 is 16.5 Å². The summed E-state index contributed by atoms with van der Waals surface area (Å²) in [5.41, 5.74) is 5.50. The fraction of sp³-hybridized carbons (Fsp3) is 0.308. The van der Waals surface area contributed by atoms with Crippen LogP contribution in [0.3, 0.4) is 0 Å². The van der Waals surface area contributed by atoms with E-state index in [4.69, 9.17) is 5.73 Å². The molecule has 0 saturated heterocycles. The van der Waals surface area contributed by atoms with Crippen molar-refractivity contribution in [3.8, 4) is 11.3 Å². The summed E-state index contributed by atoms with van der Waals surface area (Å²) in [4.78, 5) is 4.85. The molecule has 0 aliphatic rings. The van der Waals surface area contributed by atoms with Crippen molar-refractivity contribution < 1.29 is 13.2 Å². The third-order valence-electron chi connectivity index (χ3n) is 2.77. The standard InChI is InChI=1S/C13H14F3N3S/c1-7(17)11-10(19-12(18-2)20-11)8-5-3-4-6-9(8)13(14,15)16/h3-7H,17H2,1-2H3,(H,18,19). The SMILES string of the molecule is CNc1nc(-c2ccccc2C(F)(F)F)c(C(C)N)s1. The first-order chi connectivity index (χ1) is 9.34. The number of aromatic nitrogens is 1. The summed E-state index contributed by atoms with van der Waals surface area (Å²) in [6, 6.07) is 5.02. The van der Waals surface area contributed by atoms with Crippen molar-refractivity contribution in [3.05, 3.63) is 34.7 Å². The van der Waals surface area contributed by atoms with Crippen LogP contribution in [-0.2, 0) is 6.18 Å². The molecule has 2 aromatic rings. The number of alkyl halides is 3. The van der Waals surface area contributed by atoms with E-state index in [1.165, 1.54) is 23.5 Å². The van der Waals surface area contributed by atoms with Gasteiger partial charge in [0.1, 0.15) is 0 Å². The molecular weight excluding hydrogens is 287 g/mol. The number of benzene rings is 1. The lowest BCUT2D eigenvalue weighted by Crippen LogP contribution is -2.09. The number of thiazole rings is 1. The van der Waals surface area contributed by atoms with Gasteiger partial charge in [0.05, 0.1) is 16.1 Å². The molecule has 3 nitrogen and oxygen atoms in total. The van der Waals surface area contributed by atoms with Crippen molar-refractivity contribution in [3.63, 3.8) is 0 Å². The molecular formula is C13H14F3N3S. The minimum atomic E-state index is -4.42. The minimum Gasteiger partial charge on any atom is -0.365 e. The van der Waals surface area contributed by atoms with Gasteiger partial charge in [0.2, 0.25) is 0 Å². The maximum atomic E-state index is 13.1. The van der Waals surface area contributed by atoms with Crippen LogP contribution < -0.4 is 11.1 Å². The second-order valence-corrected chi connectivity index (χ2v) is 5.34. The van der Waals surface area contributed by atoms with Gasteiger partial charge in [-0.1, -0.05) is 29.5 Å². The Morgan fingerprint density at radius 3 is 2.50 bits per heavy atom. The molecule has 7 heteroatoms. The van der Waals surface area contributed by atoms with E-state index in [2.05, 4.69) is 10.3 Å². The molecule has 2 rings (SSSR count). The molecule has 108 valence electrons. The van der Waals surface area contributed by atoms with Gasteiger partial charge in [-0.2, -0.15) is 13.2 Å². The van der Waals surface area contributed by atoms with Crippen LogP contribution >= 0.6 is 11.3 Å². The van der Waals surface area contributed by atoms with Crippen molar-refractivity contribution in [1.82, 2.24) is 4.98 Å². The first kappa shape index (κ1) is 14.8. The Morgan fingerprint density at radius 2 is 1.95 bits per heavy atom. The van der Waals surface area contributed by atoms with Gasteiger partial charge < -0.3 is 11.1 Å². The van der Waals surface area contributed by atoms with Gasteiger partial charge >= 0.3 is 6.18 Å². The van der Waals surface area contributed by atoms with Crippen molar-refractivity contribution in [1.29, 1.82) is 0 Å². The van der Waals surface area contributed by atoms with E-state index >= 15 is 0 Å². The summed E-state index contributed by atoms with van der Waals surface area (Å²) in [5.74, 6) is 0. The molecule has 20 heavy (non-hydrogen) atoms. The summed E-state index contributed by atoms with van der Waals surface area (Å²) in [6.07, 6.45) is -4.42. The number of nitrogens with one attached hydrogen (secondary N) is 1. The summed E-state index contributed by atoms with van der Waals surface area (Å²) in [5, 5.41) is 3.39. The van der Waals surface area contributed by atoms with Gasteiger partial charge in [-0.25, -0.2) is 4.98 Å². The van der Waals surface area contributed by atoms with E-state index in [1.807, 2.05) is 0 Å². The Kier molecular flexibility index (Phi) is 4.01. The van der Waals surface area contributed by atoms with E-state index in [1.54, 1.807) is 20.0 Å². The third-order valence-corrected chi connectivity index (χ3v) is 4.04. The summed E-state index contributed by atoms with van der Waals surface area (Å²) >= 11 is 1.27. The Hall–Kier alpha value is -1.60. The highest BCUT2D eigenvalue weighted by Gasteiger charge is 2.34. The molecule has 1 unspecified atom stereocenters. The van der Waals surface area contributed by atoms with Gasteiger partial charge in [0.15, 0.2) is 5.13 Å². The number of nitrogens with zero attached hydrogens (tertiary/aromatic N) is 1. The number of rotatable bonds is 3. The Balaban J connectivity index is 2.66. The smallest absolute Gasteiger partial charge is 0.365 e. The highest BCUT2D eigenvalue weighted by atomic mass is 32.1. The zero-order chi connectivity index (χ0) is 14.9. The molecule has 0 aliphatic heterocycles. The van der Waals surface area contributed by atoms with Gasteiger partial charge in [-0.05, 0) is 13.0 Å². The quantitative estimate of drug-likeness (QED) is 0.904. The predicted molar refractivity (Wildman–Crippen MR) is 74.7 cm³/mol. The first-order valence-corrected chi connectivity index (χ1v) is 6.77. The van der Waals surface area contributed by atoms with Crippen LogP contribution in [0.1, 0.15) is 23.4 Å². The monoisotopic (exact) mass is 301 g/mol. The van der Waals surface area contributed by atoms with Crippen LogP contribution in [0.25, 0.3) is 11.3 Å². The van der Waals surface area contributed by atoms with E-state index in [-0.39, 0.29) is 11.6 Å². The molecule has 1 aromatic heterocycles. The number of anilines is 1. The lowest BCUT2D eigenvalue weighted by molar-refractivity contribution is -0.137. The largest absolute Gasteiger partial charge is 0.417 e. The Morgan fingerprint density at radius 1 is 1.30 bits per heavy atom. The fourth-order valence-electron chi connectivity index (χ4n) is 1.88. The van der Waals surface area contributed by atoms with E-state index in [9.17, 15) is 13.2 Å². The third kappa shape index (κ3) is 2.78. The average molecular weight is 301 g/mol. The van der Waals surface area contributed by atoms with Crippen LogP contribution in [0, 0.1) is 0 Å². The molecule has 1 aromatic carbocycles. The maximum Gasteiger partial charge on any atom is 0.417 e. The van der Waals surface area contributed by atoms with Crippen LogP contribution in [0.5, 0.6) is 0 Å². The van der Waals surface area contributed by atoms with Gasteiger partial charge in [-0.15, -0.1) is 0 Å². The second-order valence-electron chi connectivity index (χ2n) is 4.31. The van der Waals surface area contributed by atoms with Crippen LogP contribution in [0.15, 0.2) is 24.3 Å². The maximum absolute atomic E-state index is 13.1. The van der Waals surface area contributed by atoms with Crippen LogP contribution in [0.4, 0.5) is 18.3 Å². The number of halogens is 3. The molecule has 1 heterocycles. The minimum absolute atomic E-state index is 0.0602. The summed E-state index contributed by atoms with van der Waals surface area (Å²) in [7, 11) is 1.67. The molecule has 3 N–H and O–H groups in total. The zero-order valence-corrected chi connectivity index (χ0v) is 11.8. The Labute approximate surface area is 118 Å². The van der Waals surface area contributed by atoms with Crippen LogP contribution in [0.2, 0.25) is 0 Å². The van der Waals surface area contributed by atoms with E-state index < -0.39 is 11.7 Å². The molecule has 1 atom stereocenters. The van der Waals surface area contributed by atoms with Crippen molar-refractivity contribution in [2.45, 2.75) is 19.1 Å². The molecule has 0 aliphatic carbocycles. The average Bonchev–Trinajstić information content (AvgIpc) is 2.82. The molecule has 0 fully saturated rings. The van der Waals surface area contributed by atoms with Crippen LogP contribution in [-0.4, -0.2) is 12.0 Å². The van der Waals surface area contributed by atoms with Crippen molar-refractivity contribution in [2.24, 2.45) is 5.73 Å². The normalized spacial score (nSPS) is 13.3. The van der Waals surface area contributed by atoms with Gasteiger partial charge in [0.25, 0.3) is 0 Å². The fourth-order valence-corrected chi connectivity index (χ4v) is 2.76. The molecule has 0 bridgehead atoms. The number of hydrogen-bond donors (Lipinski definition) is 2. The zero-order valence-electron chi connectivity index (χ0n) is 11.0. The Bertz CT molecular complexity index is 605. The molecule has 0 saturated carbocycles. The summed E-state index contributed by atoms with van der Waals surface area (Å²) in [6.45, 7) is 1.73. The van der Waals surface area contributed by atoms with Crippen molar-refractivity contribution in [2.75, 3.05) is 12.4 Å².